The van der Waals surface area contributed by atoms with Crippen LogP contribution in [0, 0.1) is 0 Å². The van der Waals surface area contributed by atoms with Gasteiger partial charge in [0.25, 0.3) is 0 Å². The number of hydrogen-bond donors (Lipinski definition) is 1. The van der Waals surface area contributed by atoms with Crippen LogP contribution in [0.1, 0.15) is 6.92 Å². The fraction of sp³-hybridized carbons (Fsp3) is 0.0625. The van der Waals surface area contributed by atoms with Crippen LogP contribution in [-0.2, 0) is 0 Å². The summed E-state index contributed by atoms with van der Waals surface area (Å²) >= 11 is 13.8. The van der Waals surface area contributed by atoms with E-state index in [0.29, 0.717) is 15.9 Å². The van der Waals surface area contributed by atoms with Gasteiger partial charge >= 0.3 is 0 Å². The first-order valence-electron chi connectivity index (χ1n) is 6.33. The number of nitrogens with two attached hydrogens (primary N) is 1. The van der Waals surface area contributed by atoms with Crippen LogP contribution >= 0.6 is 34.5 Å². The van der Waals surface area contributed by atoms with E-state index in [9.17, 15) is 0 Å². The minimum absolute atomic E-state index is 0.550. The lowest BCUT2D eigenvalue weighted by Gasteiger charge is -1.99. The fourth-order valence-electron chi connectivity index (χ4n) is 2.10. The maximum atomic E-state index is 6.09. The molecule has 0 aliphatic carbocycles. The van der Waals surface area contributed by atoms with Crippen LogP contribution in [0.2, 0.25) is 10.0 Å². The van der Waals surface area contributed by atoms with Crippen molar-refractivity contribution in [2.45, 2.75) is 6.92 Å². The minimum atomic E-state index is 0.550. The Labute approximate surface area is 136 Å². The molecule has 2 aromatic carbocycles. The Morgan fingerprint density at radius 3 is 2.57 bits per heavy atom. The summed E-state index contributed by atoms with van der Waals surface area (Å²) in [4.78, 5) is 5.43. The molecular weight excluding hydrogens is 323 g/mol. The first-order valence-corrected chi connectivity index (χ1v) is 7.90. The molecule has 0 saturated carbocycles. The van der Waals surface area contributed by atoms with Gasteiger partial charge in [-0.2, -0.15) is 0 Å². The third-order valence-corrected chi connectivity index (χ3v) is 4.91. The molecule has 0 bridgehead atoms. The molecule has 2 nitrogen and oxygen atoms in total. The maximum absolute atomic E-state index is 6.09. The molecule has 0 atom stereocenters. The predicted molar refractivity (Wildman–Crippen MR) is 94.2 cm³/mol. The summed E-state index contributed by atoms with van der Waals surface area (Å²) in [6.07, 6.45) is 0. The van der Waals surface area contributed by atoms with E-state index in [4.69, 9.17) is 28.9 Å². The second kappa shape index (κ2) is 5.68. The summed E-state index contributed by atoms with van der Waals surface area (Å²) < 4.78 is 1.20. The van der Waals surface area contributed by atoms with E-state index < -0.39 is 0 Å². The summed E-state index contributed by atoms with van der Waals surface area (Å²) in [6.45, 7) is 1.78. The average Bonchev–Trinajstić information content (AvgIpc) is 2.84. The topological polar surface area (TPSA) is 38.4 Å². The van der Waals surface area contributed by atoms with Crippen molar-refractivity contribution in [2.24, 2.45) is 10.7 Å². The molecule has 3 rings (SSSR count). The van der Waals surface area contributed by atoms with Gasteiger partial charge in [-0.05, 0) is 54.3 Å². The van der Waals surface area contributed by atoms with E-state index in [1.165, 1.54) is 4.70 Å². The van der Waals surface area contributed by atoms with E-state index in [0.717, 1.165) is 21.5 Å². The highest BCUT2D eigenvalue weighted by atomic mass is 35.5. The Hall–Kier alpha value is -1.55. The number of hydrogen-bond acceptors (Lipinski definition) is 2. The first kappa shape index (κ1) is 14.4. The van der Waals surface area contributed by atoms with Crippen LogP contribution in [-0.4, -0.2) is 5.84 Å². The van der Waals surface area contributed by atoms with E-state index in [1.54, 1.807) is 18.3 Å². The first-order chi connectivity index (χ1) is 10.0. The maximum Gasteiger partial charge on any atom is 0.0964 e. The number of benzene rings is 2. The summed E-state index contributed by atoms with van der Waals surface area (Å²) in [5.74, 6) is 0.550. The van der Waals surface area contributed by atoms with E-state index in [2.05, 4.69) is 17.1 Å². The second-order valence-corrected chi connectivity index (χ2v) is 6.61. The van der Waals surface area contributed by atoms with Crippen LogP contribution in [0.15, 0.2) is 47.5 Å². The average molecular weight is 335 g/mol. The van der Waals surface area contributed by atoms with Crippen molar-refractivity contribution in [1.29, 1.82) is 0 Å². The molecule has 2 N–H and O–H groups in total. The highest BCUT2D eigenvalue weighted by Crippen LogP contribution is 2.37. The quantitative estimate of drug-likeness (QED) is 0.461. The van der Waals surface area contributed by atoms with Crippen LogP contribution in [0.4, 0.5) is 5.69 Å². The zero-order valence-corrected chi connectivity index (χ0v) is 13.6. The third kappa shape index (κ3) is 3.05. The van der Waals surface area contributed by atoms with Crippen LogP contribution in [0.5, 0.6) is 0 Å². The lowest BCUT2D eigenvalue weighted by Crippen LogP contribution is -2.03. The molecule has 0 spiro atoms. The van der Waals surface area contributed by atoms with Gasteiger partial charge in [-0.15, -0.1) is 11.3 Å². The molecule has 0 saturated heterocycles. The molecular formula is C16H12Cl2N2S. The summed E-state index contributed by atoms with van der Waals surface area (Å²) in [6, 6.07) is 13.9. The van der Waals surface area contributed by atoms with Crippen molar-refractivity contribution in [1.82, 2.24) is 0 Å². The van der Waals surface area contributed by atoms with Crippen molar-refractivity contribution in [3.8, 4) is 10.4 Å². The van der Waals surface area contributed by atoms with Gasteiger partial charge in [0.2, 0.25) is 0 Å². The Morgan fingerprint density at radius 2 is 1.86 bits per heavy atom. The van der Waals surface area contributed by atoms with Crippen molar-refractivity contribution < 1.29 is 0 Å². The van der Waals surface area contributed by atoms with Crippen LogP contribution in [0.3, 0.4) is 0 Å². The summed E-state index contributed by atoms with van der Waals surface area (Å²) in [7, 11) is 0. The van der Waals surface area contributed by atoms with Crippen LogP contribution in [0.25, 0.3) is 20.5 Å². The van der Waals surface area contributed by atoms with Crippen molar-refractivity contribution >= 4 is 56.1 Å². The van der Waals surface area contributed by atoms with E-state index in [1.807, 2.05) is 30.3 Å². The number of thiophene rings is 1. The Morgan fingerprint density at radius 1 is 1.05 bits per heavy atom. The molecule has 0 amide bonds. The van der Waals surface area contributed by atoms with E-state index >= 15 is 0 Å². The normalized spacial score (nSPS) is 12.0. The molecule has 21 heavy (non-hydrogen) atoms. The molecule has 0 fully saturated rings. The van der Waals surface area contributed by atoms with Gasteiger partial charge < -0.3 is 5.73 Å². The monoisotopic (exact) mass is 334 g/mol. The van der Waals surface area contributed by atoms with Crippen LogP contribution < -0.4 is 5.73 Å². The van der Waals surface area contributed by atoms with Crippen molar-refractivity contribution in [2.75, 3.05) is 0 Å². The Bertz CT molecular complexity index is 849. The molecule has 1 aromatic heterocycles. The molecule has 106 valence electrons. The van der Waals surface area contributed by atoms with Gasteiger partial charge in [-0.3, -0.25) is 0 Å². The molecule has 0 aliphatic heterocycles. The summed E-state index contributed by atoms with van der Waals surface area (Å²) in [5.41, 5.74) is 7.54. The van der Waals surface area contributed by atoms with Gasteiger partial charge in [0.15, 0.2) is 0 Å². The van der Waals surface area contributed by atoms with Crippen molar-refractivity contribution in [3.05, 3.63) is 52.5 Å². The van der Waals surface area contributed by atoms with Crippen molar-refractivity contribution in [3.63, 3.8) is 0 Å². The molecule has 0 aliphatic rings. The van der Waals surface area contributed by atoms with Gasteiger partial charge in [0.05, 0.1) is 21.6 Å². The zero-order valence-electron chi connectivity index (χ0n) is 11.2. The highest BCUT2D eigenvalue weighted by molar-refractivity contribution is 7.22. The molecule has 5 heteroatoms. The summed E-state index contributed by atoms with van der Waals surface area (Å²) in [5, 5.41) is 2.27. The number of aliphatic imine (C=N–C) groups is 1. The Balaban J connectivity index is 2.08. The largest absolute Gasteiger partial charge is 0.387 e. The van der Waals surface area contributed by atoms with Gasteiger partial charge in [-0.1, -0.05) is 29.3 Å². The standard InChI is InChI=1S/C16H12Cl2N2S/c1-9(19)20-12-3-5-15-11(6-12)8-16(21-15)10-2-4-13(17)14(18)7-10/h2-8H,1H3,(H2,19,20). The number of halogens is 2. The highest BCUT2D eigenvalue weighted by Gasteiger charge is 2.07. The number of nitrogens with zero attached hydrogens (tertiary/aromatic N) is 1. The number of rotatable bonds is 2. The molecule has 3 aromatic rings. The van der Waals surface area contributed by atoms with Gasteiger partial charge in [-0.25, -0.2) is 4.99 Å². The lowest BCUT2D eigenvalue weighted by molar-refractivity contribution is 1.47. The minimum Gasteiger partial charge on any atom is -0.387 e. The number of amidine groups is 1. The fourth-order valence-corrected chi connectivity index (χ4v) is 3.43. The number of fused-ring (bicyclic) bond motifs is 1. The lowest BCUT2D eigenvalue weighted by atomic mass is 10.1. The third-order valence-electron chi connectivity index (χ3n) is 3.01. The zero-order chi connectivity index (χ0) is 15.0. The predicted octanol–water partition coefficient (Wildman–Crippen LogP) is 5.88. The van der Waals surface area contributed by atoms with Gasteiger partial charge in [0, 0.05) is 9.58 Å². The van der Waals surface area contributed by atoms with Gasteiger partial charge in [0.1, 0.15) is 0 Å². The molecule has 0 unspecified atom stereocenters. The Kier molecular flexibility index (Phi) is 3.89. The SMILES string of the molecule is CC(N)=Nc1ccc2sc(-c3ccc(Cl)c(Cl)c3)cc2c1. The van der Waals surface area contributed by atoms with E-state index in [-0.39, 0.29) is 0 Å². The molecule has 0 radical (unpaired) electrons. The second-order valence-electron chi connectivity index (χ2n) is 4.71. The molecule has 1 heterocycles. The smallest absolute Gasteiger partial charge is 0.0964 e.